The maximum Gasteiger partial charge on any atom is 0.106 e. The summed E-state index contributed by atoms with van der Waals surface area (Å²) in [5.41, 5.74) is -0.622. The van der Waals surface area contributed by atoms with E-state index in [1.54, 1.807) is 7.11 Å². The van der Waals surface area contributed by atoms with Gasteiger partial charge in [0.25, 0.3) is 0 Å². The van der Waals surface area contributed by atoms with E-state index >= 15 is 0 Å². The Morgan fingerprint density at radius 1 is 1.38 bits per heavy atom. The molecule has 16 heavy (non-hydrogen) atoms. The second-order valence-electron chi connectivity index (χ2n) is 5.50. The summed E-state index contributed by atoms with van der Waals surface area (Å²) in [7, 11) is 1.69. The molecule has 3 unspecified atom stereocenters. The molecular formula is C13H25NO2. The first-order valence-electron chi connectivity index (χ1n) is 6.65. The van der Waals surface area contributed by atoms with Gasteiger partial charge in [0.15, 0.2) is 0 Å². The molecule has 0 bridgehead atoms. The minimum Gasteiger partial charge on any atom is -0.386 e. The summed E-state index contributed by atoms with van der Waals surface area (Å²) in [5.74, 6) is 1.23. The van der Waals surface area contributed by atoms with Crippen molar-refractivity contribution in [1.82, 2.24) is 5.32 Å². The van der Waals surface area contributed by atoms with Crippen LogP contribution in [0.5, 0.6) is 0 Å². The smallest absolute Gasteiger partial charge is 0.106 e. The normalized spacial score (nSPS) is 34.7. The lowest BCUT2D eigenvalue weighted by atomic mass is 9.79. The summed E-state index contributed by atoms with van der Waals surface area (Å²) in [6.45, 7) is 3.77. The molecule has 1 heterocycles. The second-order valence-corrected chi connectivity index (χ2v) is 5.50. The zero-order chi connectivity index (χ0) is 11.6. The first-order valence-corrected chi connectivity index (χ1v) is 6.65. The van der Waals surface area contributed by atoms with Gasteiger partial charge in [0.1, 0.15) is 5.60 Å². The minimum atomic E-state index is -0.622. The topological polar surface area (TPSA) is 41.5 Å². The van der Waals surface area contributed by atoms with Crippen LogP contribution in [0.1, 0.15) is 39.0 Å². The Labute approximate surface area is 98.6 Å². The van der Waals surface area contributed by atoms with Crippen molar-refractivity contribution in [2.75, 3.05) is 20.3 Å². The van der Waals surface area contributed by atoms with Crippen LogP contribution in [0.3, 0.4) is 0 Å². The molecule has 3 atom stereocenters. The van der Waals surface area contributed by atoms with E-state index in [2.05, 4.69) is 12.2 Å². The van der Waals surface area contributed by atoms with E-state index in [-0.39, 0.29) is 6.04 Å². The molecule has 0 radical (unpaired) electrons. The van der Waals surface area contributed by atoms with Crippen LogP contribution in [-0.2, 0) is 4.74 Å². The van der Waals surface area contributed by atoms with Crippen molar-refractivity contribution in [2.24, 2.45) is 11.8 Å². The van der Waals surface area contributed by atoms with Gasteiger partial charge in [-0.3, -0.25) is 0 Å². The highest BCUT2D eigenvalue weighted by Gasteiger charge is 2.50. The average molecular weight is 227 g/mol. The van der Waals surface area contributed by atoms with Gasteiger partial charge in [0, 0.05) is 13.2 Å². The quantitative estimate of drug-likeness (QED) is 0.749. The van der Waals surface area contributed by atoms with Crippen molar-refractivity contribution in [3.8, 4) is 0 Å². The van der Waals surface area contributed by atoms with Crippen molar-refractivity contribution in [3.05, 3.63) is 0 Å². The van der Waals surface area contributed by atoms with E-state index in [9.17, 15) is 5.11 Å². The predicted octanol–water partition coefficient (Wildman–Crippen LogP) is 1.55. The van der Waals surface area contributed by atoms with Crippen LogP contribution in [0.25, 0.3) is 0 Å². The Morgan fingerprint density at radius 2 is 2.12 bits per heavy atom. The second kappa shape index (κ2) is 5.03. The van der Waals surface area contributed by atoms with Crippen molar-refractivity contribution >= 4 is 0 Å². The molecular weight excluding hydrogens is 202 g/mol. The fourth-order valence-corrected chi connectivity index (χ4v) is 3.07. The van der Waals surface area contributed by atoms with Gasteiger partial charge in [0.05, 0.1) is 6.61 Å². The fraction of sp³-hybridized carbons (Fsp3) is 1.00. The maximum absolute atomic E-state index is 10.8. The summed E-state index contributed by atoms with van der Waals surface area (Å²) >= 11 is 0. The maximum atomic E-state index is 10.8. The molecule has 3 heteroatoms. The molecule has 0 aromatic rings. The lowest BCUT2D eigenvalue weighted by molar-refractivity contribution is -0.0838. The number of piperidine rings is 1. The summed E-state index contributed by atoms with van der Waals surface area (Å²) in [6.07, 6.45) is 5.91. The van der Waals surface area contributed by atoms with Gasteiger partial charge in [0.2, 0.25) is 0 Å². The molecule has 94 valence electrons. The first-order chi connectivity index (χ1) is 7.70. The number of ether oxygens (including phenoxy) is 1. The van der Waals surface area contributed by atoms with E-state index in [1.165, 1.54) is 12.8 Å². The SMILES string of the molecule is CCC1CCNC(C(O)(COC)C2CC2)C1. The molecule has 1 aliphatic carbocycles. The van der Waals surface area contributed by atoms with Crippen molar-refractivity contribution < 1.29 is 9.84 Å². The number of hydrogen-bond acceptors (Lipinski definition) is 3. The highest BCUT2D eigenvalue weighted by atomic mass is 16.5. The molecule has 2 rings (SSSR count). The third-order valence-electron chi connectivity index (χ3n) is 4.35. The van der Waals surface area contributed by atoms with Gasteiger partial charge in [-0.1, -0.05) is 13.3 Å². The van der Waals surface area contributed by atoms with Crippen molar-refractivity contribution in [3.63, 3.8) is 0 Å². The van der Waals surface area contributed by atoms with Gasteiger partial charge in [-0.05, 0) is 44.1 Å². The molecule has 2 aliphatic rings. The van der Waals surface area contributed by atoms with Gasteiger partial charge >= 0.3 is 0 Å². The standard InChI is InChI=1S/C13H25NO2/c1-3-10-6-7-14-12(8-10)13(15,9-16-2)11-4-5-11/h10-12,14-15H,3-9H2,1-2H3. The lowest BCUT2D eigenvalue weighted by Gasteiger charge is -2.41. The zero-order valence-electron chi connectivity index (χ0n) is 10.5. The van der Waals surface area contributed by atoms with Crippen molar-refractivity contribution in [1.29, 1.82) is 0 Å². The van der Waals surface area contributed by atoms with Crippen LogP contribution < -0.4 is 5.32 Å². The number of nitrogens with one attached hydrogen (secondary N) is 1. The van der Waals surface area contributed by atoms with Crippen LogP contribution in [0.4, 0.5) is 0 Å². The van der Waals surface area contributed by atoms with E-state index in [1.807, 2.05) is 0 Å². The Balaban J connectivity index is 2.01. The molecule has 0 amide bonds. The lowest BCUT2D eigenvalue weighted by Crippen LogP contribution is -2.58. The Bertz CT molecular complexity index is 230. The number of hydrogen-bond donors (Lipinski definition) is 2. The zero-order valence-corrected chi connectivity index (χ0v) is 10.5. The Morgan fingerprint density at radius 3 is 2.69 bits per heavy atom. The summed E-state index contributed by atoms with van der Waals surface area (Å²) in [5, 5.41) is 14.3. The summed E-state index contributed by atoms with van der Waals surface area (Å²) < 4.78 is 5.24. The van der Waals surface area contributed by atoms with E-state index < -0.39 is 5.60 Å². The highest BCUT2D eigenvalue weighted by Crippen LogP contribution is 2.44. The Hall–Kier alpha value is -0.120. The first kappa shape index (κ1) is 12.3. The summed E-state index contributed by atoms with van der Waals surface area (Å²) in [4.78, 5) is 0. The molecule has 2 fully saturated rings. The van der Waals surface area contributed by atoms with Gasteiger partial charge in [-0.2, -0.15) is 0 Å². The number of methoxy groups -OCH3 is 1. The molecule has 1 saturated carbocycles. The molecule has 1 saturated heterocycles. The summed E-state index contributed by atoms with van der Waals surface area (Å²) in [6, 6.07) is 0.235. The van der Waals surface area contributed by atoms with E-state index in [0.717, 1.165) is 31.7 Å². The number of aliphatic hydroxyl groups is 1. The molecule has 2 N–H and O–H groups in total. The van der Waals surface area contributed by atoms with Crippen LogP contribution >= 0.6 is 0 Å². The van der Waals surface area contributed by atoms with Gasteiger partial charge in [-0.15, -0.1) is 0 Å². The fourth-order valence-electron chi connectivity index (χ4n) is 3.07. The van der Waals surface area contributed by atoms with Gasteiger partial charge < -0.3 is 15.2 Å². The van der Waals surface area contributed by atoms with E-state index in [0.29, 0.717) is 12.5 Å². The highest BCUT2D eigenvalue weighted by molar-refractivity contribution is 5.04. The average Bonchev–Trinajstić information content (AvgIpc) is 3.13. The van der Waals surface area contributed by atoms with Crippen molar-refractivity contribution in [2.45, 2.75) is 50.7 Å². The Kier molecular flexibility index (Phi) is 3.88. The van der Waals surface area contributed by atoms with Gasteiger partial charge in [-0.25, -0.2) is 0 Å². The monoisotopic (exact) mass is 227 g/mol. The molecule has 1 aliphatic heterocycles. The number of rotatable bonds is 5. The van der Waals surface area contributed by atoms with Crippen LogP contribution in [-0.4, -0.2) is 37.0 Å². The van der Waals surface area contributed by atoms with E-state index in [4.69, 9.17) is 4.74 Å². The molecule has 0 aromatic heterocycles. The van der Waals surface area contributed by atoms with Crippen LogP contribution in [0.2, 0.25) is 0 Å². The predicted molar refractivity (Wildman–Crippen MR) is 64.4 cm³/mol. The molecule has 0 aromatic carbocycles. The third-order valence-corrected chi connectivity index (χ3v) is 4.35. The van der Waals surface area contributed by atoms with Crippen LogP contribution in [0.15, 0.2) is 0 Å². The molecule has 3 nitrogen and oxygen atoms in total. The third kappa shape index (κ3) is 2.41. The van der Waals surface area contributed by atoms with Crippen LogP contribution in [0, 0.1) is 11.8 Å². The largest absolute Gasteiger partial charge is 0.386 e. The molecule has 0 spiro atoms. The minimum absolute atomic E-state index is 0.235.